The van der Waals surface area contributed by atoms with Gasteiger partial charge in [0, 0.05) is 18.0 Å². The SMILES string of the molecule is Nc1ncnc(-c2cncnc2)c1[N+](=O)[O-]. The molecule has 0 aliphatic rings. The normalized spacial score (nSPS) is 10.0. The second-order valence-corrected chi connectivity index (χ2v) is 2.84. The van der Waals surface area contributed by atoms with Gasteiger partial charge in [-0.3, -0.25) is 10.1 Å². The third-order valence-electron chi connectivity index (χ3n) is 1.87. The molecule has 0 saturated carbocycles. The Hall–Kier alpha value is -2.64. The smallest absolute Gasteiger partial charge is 0.337 e. The van der Waals surface area contributed by atoms with E-state index in [9.17, 15) is 10.1 Å². The Balaban J connectivity index is 2.66. The van der Waals surface area contributed by atoms with E-state index in [0.29, 0.717) is 5.56 Å². The van der Waals surface area contributed by atoms with Crippen LogP contribution < -0.4 is 5.73 Å². The largest absolute Gasteiger partial charge is 0.378 e. The lowest BCUT2D eigenvalue weighted by Crippen LogP contribution is -2.02. The Morgan fingerprint density at radius 3 is 2.50 bits per heavy atom. The van der Waals surface area contributed by atoms with Crippen LogP contribution in [0, 0.1) is 10.1 Å². The first-order valence-electron chi connectivity index (χ1n) is 4.20. The Morgan fingerprint density at radius 1 is 1.19 bits per heavy atom. The fraction of sp³-hybridized carbons (Fsp3) is 0. The maximum Gasteiger partial charge on any atom is 0.337 e. The average Bonchev–Trinajstić information content (AvgIpc) is 2.29. The van der Waals surface area contributed by atoms with Gasteiger partial charge in [-0.25, -0.2) is 19.9 Å². The Morgan fingerprint density at radius 2 is 1.88 bits per heavy atom. The topological polar surface area (TPSA) is 121 Å². The summed E-state index contributed by atoms with van der Waals surface area (Å²) in [6.07, 6.45) is 5.31. The standard InChI is InChI=1S/C8H6N6O2/c9-8-7(14(15)16)6(12-4-13-8)5-1-10-3-11-2-5/h1-4H,(H2,9,12,13). The molecule has 0 spiro atoms. The van der Waals surface area contributed by atoms with Gasteiger partial charge >= 0.3 is 5.69 Å². The molecule has 0 fully saturated rings. The molecule has 2 N–H and O–H groups in total. The van der Waals surface area contributed by atoms with Crippen molar-refractivity contribution in [1.29, 1.82) is 0 Å². The molecule has 0 atom stereocenters. The van der Waals surface area contributed by atoms with E-state index in [4.69, 9.17) is 5.73 Å². The lowest BCUT2D eigenvalue weighted by Gasteiger charge is -2.01. The van der Waals surface area contributed by atoms with Gasteiger partial charge in [0.1, 0.15) is 12.7 Å². The van der Waals surface area contributed by atoms with Crippen molar-refractivity contribution >= 4 is 11.5 Å². The molecule has 0 aliphatic carbocycles. The van der Waals surface area contributed by atoms with Gasteiger partial charge in [-0.05, 0) is 0 Å². The molecule has 0 unspecified atom stereocenters. The summed E-state index contributed by atoms with van der Waals surface area (Å²) in [5, 5.41) is 10.8. The molecule has 80 valence electrons. The van der Waals surface area contributed by atoms with Crippen LogP contribution >= 0.6 is 0 Å². The second kappa shape index (κ2) is 3.85. The van der Waals surface area contributed by atoms with Crippen molar-refractivity contribution in [3.8, 4) is 11.3 Å². The number of aromatic nitrogens is 4. The van der Waals surface area contributed by atoms with Crippen LogP contribution in [0.5, 0.6) is 0 Å². The van der Waals surface area contributed by atoms with Crippen LogP contribution in [0.15, 0.2) is 25.0 Å². The summed E-state index contributed by atoms with van der Waals surface area (Å²) in [4.78, 5) is 25.1. The summed E-state index contributed by atoms with van der Waals surface area (Å²) in [5.41, 5.74) is 5.62. The van der Waals surface area contributed by atoms with Crippen molar-refractivity contribution in [2.24, 2.45) is 0 Å². The Kier molecular flexibility index (Phi) is 2.38. The maximum absolute atomic E-state index is 10.8. The number of nitrogen functional groups attached to an aromatic ring is 1. The summed E-state index contributed by atoms with van der Waals surface area (Å²) < 4.78 is 0. The quantitative estimate of drug-likeness (QED) is 0.572. The average molecular weight is 218 g/mol. The van der Waals surface area contributed by atoms with Crippen molar-refractivity contribution in [2.75, 3.05) is 5.73 Å². The lowest BCUT2D eigenvalue weighted by molar-refractivity contribution is -0.383. The monoisotopic (exact) mass is 218 g/mol. The van der Waals surface area contributed by atoms with Gasteiger partial charge in [-0.2, -0.15) is 0 Å². The van der Waals surface area contributed by atoms with Gasteiger partial charge in [-0.15, -0.1) is 0 Å². The van der Waals surface area contributed by atoms with Gasteiger partial charge in [0.2, 0.25) is 5.82 Å². The molecule has 0 aliphatic heterocycles. The molecule has 0 bridgehead atoms. The molecule has 0 saturated heterocycles. The van der Waals surface area contributed by atoms with Gasteiger partial charge < -0.3 is 5.73 Å². The fourth-order valence-corrected chi connectivity index (χ4v) is 1.21. The van der Waals surface area contributed by atoms with Crippen LogP contribution in [0.25, 0.3) is 11.3 Å². The molecule has 2 aromatic rings. The molecular weight excluding hydrogens is 212 g/mol. The number of nitrogens with zero attached hydrogens (tertiary/aromatic N) is 5. The summed E-state index contributed by atoms with van der Waals surface area (Å²) >= 11 is 0. The van der Waals surface area contributed by atoms with E-state index in [1.807, 2.05) is 0 Å². The van der Waals surface area contributed by atoms with Crippen LogP contribution in [0.2, 0.25) is 0 Å². The van der Waals surface area contributed by atoms with Crippen LogP contribution in [-0.2, 0) is 0 Å². The fourth-order valence-electron chi connectivity index (χ4n) is 1.21. The first-order chi connectivity index (χ1) is 7.70. The molecule has 2 rings (SSSR count). The van der Waals surface area contributed by atoms with Gasteiger partial charge in [0.05, 0.1) is 4.92 Å². The highest BCUT2D eigenvalue weighted by Crippen LogP contribution is 2.29. The molecule has 16 heavy (non-hydrogen) atoms. The van der Waals surface area contributed by atoms with Crippen molar-refractivity contribution in [1.82, 2.24) is 19.9 Å². The molecule has 0 aromatic carbocycles. The number of hydrogen-bond acceptors (Lipinski definition) is 7. The van der Waals surface area contributed by atoms with Crippen LogP contribution in [0.3, 0.4) is 0 Å². The third kappa shape index (κ3) is 1.63. The second-order valence-electron chi connectivity index (χ2n) is 2.84. The zero-order valence-corrected chi connectivity index (χ0v) is 7.94. The number of nitro groups is 1. The van der Waals surface area contributed by atoms with Crippen LogP contribution in [-0.4, -0.2) is 24.9 Å². The summed E-state index contributed by atoms with van der Waals surface area (Å²) in [6.45, 7) is 0. The molecular formula is C8H6N6O2. The van der Waals surface area contributed by atoms with Crippen molar-refractivity contribution in [3.05, 3.63) is 35.2 Å². The Bertz CT molecular complexity index is 529. The minimum absolute atomic E-state index is 0.109. The molecule has 8 heteroatoms. The summed E-state index contributed by atoms with van der Waals surface area (Å²) in [6, 6.07) is 0. The third-order valence-corrected chi connectivity index (χ3v) is 1.87. The zero-order valence-electron chi connectivity index (χ0n) is 7.94. The van der Waals surface area contributed by atoms with Gasteiger partial charge in [-0.1, -0.05) is 0 Å². The summed E-state index contributed by atoms with van der Waals surface area (Å²) in [5.74, 6) is -0.182. The first kappa shape index (κ1) is 9.90. The van der Waals surface area contributed by atoms with E-state index in [2.05, 4.69) is 19.9 Å². The van der Waals surface area contributed by atoms with E-state index in [1.54, 1.807) is 0 Å². The highest BCUT2D eigenvalue weighted by Gasteiger charge is 2.22. The minimum atomic E-state index is -0.627. The van der Waals surface area contributed by atoms with Crippen LogP contribution in [0.4, 0.5) is 11.5 Å². The molecule has 8 nitrogen and oxygen atoms in total. The Labute approximate surface area is 89.4 Å². The minimum Gasteiger partial charge on any atom is -0.378 e. The predicted molar refractivity (Wildman–Crippen MR) is 54.1 cm³/mol. The highest BCUT2D eigenvalue weighted by atomic mass is 16.6. The van der Waals surface area contributed by atoms with E-state index in [1.165, 1.54) is 18.7 Å². The van der Waals surface area contributed by atoms with E-state index >= 15 is 0 Å². The zero-order chi connectivity index (χ0) is 11.5. The van der Waals surface area contributed by atoms with Crippen LogP contribution in [0.1, 0.15) is 0 Å². The maximum atomic E-state index is 10.8. The molecule has 2 aromatic heterocycles. The van der Waals surface area contributed by atoms with E-state index < -0.39 is 4.92 Å². The van der Waals surface area contributed by atoms with E-state index in [0.717, 1.165) is 6.33 Å². The highest BCUT2D eigenvalue weighted by molar-refractivity contribution is 5.74. The molecule has 2 heterocycles. The number of hydrogen-bond donors (Lipinski definition) is 1. The number of anilines is 1. The van der Waals surface area contributed by atoms with E-state index in [-0.39, 0.29) is 17.2 Å². The summed E-state index contributed by atoms with van der Waals surface area (Å²) in [7, 11) is 0. The molecule has 0 radical (unpaired) electrons. The number of nitrogens with two attached hydrogens (primary N) is 1. The first-order valence-corrected chi connectivity index (χ1v) is 4.20. The van der Waals surface area contributed by atoms with Gasteiger partial charge in [0.25, 0.3) is 0 Å². The van der Waals surface area contributed by atoms with Crippen molar-refractivity contribution in [2.45, 2.75) is 0 Å². The number of rotatable bonds is 2. The predicted octanol–water partition coefficient (Wildman–Crippen LogP) is 0.424. The van der Waals surface area contributed by atoms with Crippen molar-refractivity contribution < 1.29 is 4.92 Å². The van der Waals surface area contributed by atoms with Gasteiger partial charge in [0.15, 0.2) is 5.69 Å². The molecule has 0 amide bonds. The lowest BCUT2D eigenvalue weighted by atomic mass is 10.2. The van der Waals surface area contributed by atoms with Crippen molar-refractivity contribution in [3.63, 3.8) is 0 Å².